The van der Waals surface area contributed by atoms with Crippen LogP contribution in [0.3, 0.4) is 0 Å². The largest absolute Gasteiger partial charge is 0.497 e. The number of nitrogens with one attached hydrogen (secondary N) is 1. The molecule has 0 atom stereocenters. The van der Waals surface area contributed by atoms with Gasteiger partial charge in [0.15, 0.2) is 0 Å². The number of aromatic nitrogens is 1. The molecule has 2 aromatic carbocycles. The summed E-state index contributed by atoms with van der Waals surface area (Å²) in [5.41, 5.74) is 3.42. The molecule has 0 aliphatic rings. The highest BCUT2D eigenvalue weighted by atomic mass is 79.9. The molecule has 0 bridgehead atoms. The Bertz CT molecular complexity index is 829. The van der Waals surface area contributed by atoms with E-state index in [-0.39, 0.29) is 6.61 Å². The van der Waals surface area contributed by atoms with E-state index in [0.29, 0.717) is 6.42 Å². The summed E-state index contributed by atoms with van der Waals surface area (Å²) in [6, 6.07) is 14.3. The second kappa shape index (κ2) is 7.73. The number of hydrogen-bond acceptors (Lipinski definition) is 3. The van der Waals surface area contributed by atoms with Gasteiger partial charge in [-0.05, 0) is 30.2 Å². The predicted octanol–water partition coefficient (Wildman–Crippen LogP) is 4.06. The Morgan fingerprint density at radius 2 is 2.04 bits per heavy atom. The molecule has 0 spiro atoms. The maximum absolute atomic E-state index is 9.25. The number of rotatable bonds is 7. The summed E-state index contributed by atoms with van der Waals surface area (Å²) >= 11 is 3.49. The van der Waals surface area contributed by atoms with Crippen molar-refractivity contribution in [2.24, 2.45) is 0 Å². The zero-order chi connectivity index (χ0) is 16.9. The van der Waals surface area contributed by atoms with E-state index in [2.05, 4.69) is 44.1 Å². The van der Waals surface area contributed by atoms with Crippen LogP contribution in [0.15, 0.2) is 53.1 Å². The van der Waals surface area contributed by atoms with Crippen LogP contribution in [0, 0.1) is 0 Å². The van der Waals surface area contributed by atoms with Gasteiger partial charge in [0, 0.05) is 53.0 Å². The molecule has 126 valence electrons. The minimum Gasteiger partial charge on any atom is -0.497 e. The average Bonchev–Trinajstić information content (AvgIpc) is 2.93. The molecule has 0 aliphatic heterocycles. The maximum Gasteiger partial charge on any atom is 0.122 e. The zero-order valence-electron chi connectivity index (χ0n) is 13.6. The molecule has 4 nitrogen and oxygen atoms in total. The summed E-state index contributed by atoms with van der Waals surface area (Å²) in [6.45, 7) is 1.82. The lowest BCUT2D eigenvalue weighted by atomic mass is 10.1. The lowest BCUT2D eigenvalue weighted by molar-refractivity contribution is 0.300. The molecule has 3 rings (SSSR count). The monoisotopic (exact) mass is 388 g/mol. The van der Waals surface area contributed by atoms with Crippen molar-refractivity contribution in [3.63, 3.8) is 0 Å². The van der Waals surface area contributed by atoms with Crippen LogP contribution in [0.25, 0.3) is 10.9 Å². The molecule has 24 heavy (non-hydrogen) atoms. The topological polar surface area (TPSA) is 46.4 Å². The maximum atomic E-state index is 9.25. The lowest BCUT2D eigenvalue weighted by Crippen LogP contribution is -2.09. The van der Waals surface area contributed by atoms with Gasteiger partial charge in [-0.1, -0.05) is 34.1 Å². The summed E-state index contributed by atoms with van der Waals surface area (Å²) in [7, 11) is 1.67. The number of benzene rings is 2. The Morgan fingerprint density at radius 3 is 2.83 bits per heavy atom. The van der Waals surface area contributed by atoms with E-state index in [9.17, 15) is 5.11 Å². The van der Waals surface area contributed by atoms with Crippen molar-refractivity contribution in [2.75, 3.05) is 25.6 Å². The smallest absolute Gasteiger partial charge is 0.122 e. The van der Waals surface area contributed by atoms with Gasteiger partial charge in [0.2, 0.25) is 0 Å². The van der Waals surface area contributed by atoms with E-state index < -0.39 is 0 Å². The van der Waals surface area contributed by atoms with E-state index >= 15 is 0 Å². The molecule has 0 fully saturated rings. The van der Waals surface area contributed by atoms with Crippen LogP contribution in [-0.4, -0.2) is 29.9 Å². The fourth-order valence-corrected chi connectivity index (χ4v) is 3.40. The van der Waals surface area contributed by atoms with Gasteiger partial charge < -0.3 is 19.7 Å². The molecule has 0 saturated carbocycles. The zero-order valence-corrected chi connectivity index (χ0v) is 15.2. The van der Waals surface area contributed by atoms with Crippen LogP contribution >= 0.6 is 15.9 Å². The molecule has 1 aromatic heterocycles. The van der Waals surface area contributed by atoms with Gasteiger partial charge in [0.1, 0.15) is 5.75 Å². The number of anilines is 1. The Hall–Kier alpha value is -1.98. The van der Waals surface area contributed by atoms with Gasteiger partial charge in [-0.2, -0.15) is 0 Å². The number of fused-ring (bicyclic) bond motifs is 1. The summed E-state index contributed by atoms with van der Waals surface area (Å²) in [5, 5.41) is 13.9. The summed E-state index contributed by atoms with van der Waals surface area (Å²) in [6.07, 6.45) is 2.83. The predicted molar refractivity (Wildman–Crippen MR) is 102 cm³/mol. The SMILES string of the molecule is COc1cc(Br)cc(NCCn2cc(CCO)c3ccccc32)c1. The number of halogens is 1. The molecule has 1 heterocycles. The van der Waals surface area contributed by atoms with Crippen LogP contribution < -0.4 is 10.1 Å². The van der Waals surface area contributed by atoms with Crippen molar-refractivity contribution in [1.29, 1.82) is 0 Å². The van der Waals surface area contributed by atoms with Crippen LogP contribution in [0.4, 0.5) is 5.69 Å². The Morgan fingerprint density at radius 1 is 1.21 bits per heavy atom. The highest BCUT2D eigenvalue weighted by Crippen LogP contribution is 2.25. The Balaban J connectivity index is 1.73. The van der Waals surface area contributed by atoms with Crippen LogP contribution in [-0.2, 0) is 13.0 Å². The second-order valence-corrected chi connectivity index (χ2v) is 6.56. The normalized spacial score (nSPS) is 11.0. The molecule has 0 aliphatic carbocycles. The van der Waals surface area contributed by atoms with Crippen LogP contribution in [0.1, 0.15) is 5.56 Å². The third-order valence-electron chi connectivity index (χ3n) is 4.04. The summed E-state index contributed by atoms with van der Waals surface area (Å²) in [4.78, 5) is 0. The van der Waals surface area contributed by atoms with E-state index in [1.807, 2.05) is 30.3 Å². The average molecular weight is 389 g/mol. The minimum absolute atomic E-state index is 0.171. The number of ether oxygens (including phenoxy) is 1. The third kappa shape index (κ3) is 3.74. The second-order valence-electron chi connectivity index (χ2n) is 5.64. The lowest BCUT2D eigenvalue weighted by Gasteiger charge is -2.10. The molecule has 5 heteroatoms. The van der Waals surface area contributed by atoms with E-state index in [4.69, 9.17) is 4.74 Å². The van der Waals surface area contributed by atoms with Crippen molar-refractivity contribution >= 4 is 32.5 Å². The van der Waals surface area contributed by atoms with Crippen molar-refractivity contribution in [3.05, 3.63) is 58.7 Å². The van der Waals surface area contributed by atoms with Gasteiger partial charge in [-0.3, -0.25) is 0 Å². The van der Waals surface area contributed by atoms with Crippen LogP contribution in [0.2, 0.25) is 0 Å². The fraction of sp³-hybridized carbons (Fsp3) is 0.263. The first-order valence-corrected chi connectivity index (χ1v) is 8.76. The highest BCUT2D eigenvalue weighted by molar-refractivity contribution is 9.10. The first kappa shape index (κ1) is 16.9. The van der Waals surface area contributed by atoms with Gasteiger partial charge in [0.05, 0.1) is 7.11 Å². The first-order chi connectivity index (χ1) is 11.7. The molecule has 0 radical (unpaired) electrons. The number of methoxy groups -OCH3 is 1. The van der Waals surface area contributed by atoms with Crippen LogP contribution in [0.5, 0.6) is 5.75 Å². The number of hydrogen-bond donors (Lipinski definition) is 2. The van der Waals surface area contributed by atoms with Crippen molar-refractivity contribution in [1.82, 2.24) is 4.57 Å². The van der Waals surface area contributed by atoms with Gasteiger partial charge in [-0.25, -0.2) is 0 Å². The van der Waals surface area contributed by atoms with E-state index in [1.165, 1.54) is 16.5 Å². The highest BCUT2D eigenvalue weighted by Gasteiger charge is 2.07. The molecule has 0 unspecified atom stereocenters. The number of aliphatic hydroxyl groups is 1. The molecule has 0 amide bonds. The molecule has 2 N–H and O–H groups in total. The Kier molecular flexibility index (Phi) is 5.43. The van der Waals surface area contributed by atoms with Gasteiger partial charge in [-0.15, -0.1) is 0 Å². The first-order valence-electron chi connectivity index (χ1n) is 7.97. The van der Waals surface area contributed by atoms with Crippen molar-refractivity contribution in [3.8, 4) is 5.75 Å². The van der Waals surface area contributed by atoms with E-state index in [0.717, 1.165) is 29.0 Å². The van der Waals surface area contributed by atoms with Gasteiger partial charge in [0.25, 0.3) is 0 Å². The standard InChI is InChI=1S/C19H21BrN2O2/c1-24-17-11-15(20)10-16(12-17)21-7-8-22-13-14(6-9-23)18-4-2-3-5-19(18)22/h2-5,10-13,21,23H,6-9H2,1H3. The Labute approximate surface area is 150 Å². The quantitative estimate of drug-likeness (QED) is 0.641. The molecule has 0 saturated heterocycles. The number of para-hydroxylation sites is 1. The third-order valence-corrected chi connectivity index (χ3v) is 4.50. The van der Waals surface area contributed by atoms with E-state index in [1.54, 1.807) is 7.11 Å². The van der Waals surface area contributed by atoms with Crippen molar-refractivity contribution < 1.29 is 9.84 Å². The molecular weight excluding hydrogens is 368 g/mol. The summed E-state index contributed by atoms with van der Waals surface area (Å²) in [5.74, 6) is 0.823. The fourth-order valence-electron chi connectivity index (χ4n) is 2.93. The number of nitrogens with zero attached hydrogens (tertiary/aromatic N) is 1. The molecule has 3 aromatic rings. The van der Waals surface area contributed by atoms with Gasteiger partial charge >= 0.3 is 0 Å². The molecular formula is C19H21BrN2O2. The summed E-state index contributed by atoms with van der Waals surface area (Å²) < 4.78 is 8.51. The minimum atomic E-state index is 0.171. The number of aliphatic hydroxyl groups excluding tert-OH is 1. The van der Waals surface area contributed by atoms with Crippen molar-refractivity contribution in [2.45, 2.75) is 13.0 Å².